The first-order chi connectivity index (χ1) is 12.0. The zero-order valence-corrected chi connectivity index (χ0v) is 14.4. The summed E-state index contributed by atoms with van der Waals surface area (Å²) in [6.07, 6.45) is 0.938. The molecule has 0 radical (unpaired) electrons. The zero-order chi connectivity index (χ0) is 17.8. The Kier molecular flexibility index (Phi) is 5.11. The minimum absolute atomic E-state index is 0.0201. The monoisotopic (exact) mass is 344 g/mol. The summed E-state index contributed by atoms with van der Waals surface area (Å²) in [6.45, 7) is 1.17. The second-order valence-electron chi connectivity index (χ2n) is 6.30. The van der Waals surface area contributed by atoms with Gasteiger partial charge in [0.1, 0.15) is 11.9 Å². The Labute approximate surface area is 146 Å². The van der Waals surface area contributed by atoms with Crippen molar-refractivity contribution in [3.05, 3.63) is 47.8 Å². The molecule has 0 spiro atoms. The van der Waals surface area contributed by atoms with Gasteiger partial charge in [0, 0.05) is 33.1 Å². The molecule has 1 fully saturated rings. The number of benzene rings is 1. The van der Waals surface area contributed by atoms with Gasteiger partial charge in [0.2, 0.25) is 11.8 Å². The lowest BCUT2D eigenvalue weighted by molar-refractivity contribution is -0.129. The van der Waals surface area contributed by atoms with Crippen molar-refractivity contribution in [2.45, 2.75) is 18.9 Å². The molecule has 2 aromatic rings. The Morgan fingerprint density at radius 1 is 1.24 bits per heavy atom. The molecule has 1 aromatic heterocycles. The predicted octanol–water partition coefficient (Wildman–Crippen LogP) is 1.90. The highest BCUT2D eigenvalue weighted by atomic mass is 19.1. The van der Waals surface area contributed by atoms with Gasteiger partial charge in [-0.05, 0) is 23.8 Å². The molecule has 132 valence electrons. The summed E-state index contributed by atoms with van der Waals surface area (Å²) in [5.41, 5.74) is 0.806. The number of carbonyl (C=O) groups is 1. The molecule has 1 amide bonds. The van der Waals surface area contributed by atoms with Crippen LogP contribution in [0.5, 0.6) is 5.88 Å². The molecule has 6 nitrogen and oxygen atoms in total. The molecule has 0 aliphatic carbocycles. The van der Waals surface area contributed by atoms with E-state index in [1.165, 1.54) is 12.1 Å². The maximum atomic E-state index is 12.9. The first kappa shape index (κ1) is 17.1. The second kappa shape index (κ2) is 7.46. The molecule has 1 aromatic carbocycles. The van der Waals surface area contributed by atoms with E-state index in [0.717, 1.165) is 17.8 Å². The highest BCUT2D eigenvalue weighted by Crippen LogP contribution is 2.18. The molecule has 3 rings (SSSR count). The Morgan fingerprint density at radius 3 is 2.64 bits per heavy atom. The predicted molar refractivity (Wildman–Crippen MR) is 92.1 cm³/mol. The van der Waals surface area contributed by atoms with Crippen molar-refractivity contribution in [1.82, 2.24) is 15.1 Å². The number of anilines is 1. The van der Waals surface area contributed by atoms with Crippen molar-refractivity contribution >= 4 is 11.7 Å². The fourth-order valence-corrected chi connectivity index (χ4v) is 2.72. The van der Waals surface area contributed by atoms with E-state index in [0.29, 0.717) is 19.0 Å². The summed E-state index contributed by atoms with van der Waals surface area (Å²) in [7, 11) is 3.79. The number of ether oxygens (including phenoxy) is 1. The summed E-state index contributed by atoms with van der Waals surface area (Å²) >= 11 is 0. The molecular formula is C18H21FN4O2. The van der Waals surface area contributed by atoms with Crippen LogP contribution >= 0.6 is 0 Å². The van der Waals surface area contributed by atoms with Crippen LogP contribution in [0.3, 0.4) is 0 Å². The van der Waals surface area contributed by atoms with Crippen molar-refractivity contribution in [1.29, 1.82) is 0 Å². The highest BCUT2D eigenvalue weighted by molar-refractivity contribution is 5.79. The quantitative estimate of drug-likeness (QED) is 0.829. The lowest BCUT2D eigenvalue weighted by atomic mass is 10.1. The van der Waals surface area contributed by atoms with Crippen LogP contribution in [-0.2, 0) is 11.2 Å². The van der Waals surface area contributed by atoms with Crippen molar-refractivity contribution in [3.8, 4) is 5.88 Å². The number of halogens is 1. The SMILES string of the molecule is CN(C)c1ccc(O[C@H]2CCN(C(=O)Cc3ccc(F)cc3)C2)nn1. The van der Waals surface area contributed by atoms with Gasteiger partial charge < -0.3 is 14.5 Å². The van der Waals surface area contributed by atoms with Crippen molar-refractivity contribution in [2.75, 3.05) is 32.1 Å². The van der Waals surface area contributed by atoms with E-state index >= 15 is 0 Å². The number of amides is 1. The first-order valence-corrected chi connectivity index (χ1v) is 8.21. The van der Waals surface area contributed by atoms with Gasteiger partial charge in [0.25, 0.3) is 0 Å². The van der Waals surface area contributed by atoms with Crippen LogP contribution in [-0.4, -0.2) is 54.3 Å². The Morgan fingerprint density at radius 2 is 2.00 bits per heavy atom. The van der Waals surface area contributed by atoms with Gasteiger partial charge in [-0.15, -0.1) is 10.2 Å². The number of nitrogens with zero attached hydrogens (tertiary/aromatic N) is 4. The van der Waals surface area contributed by atoms with Crippen LogP contribution in [0.15, 0.2) is 36.4 Å². The molecule has 0 bridgehead atoms. The van der Waals surface area contributed by atoms with E-state index in [9.17, 15) is 9.18 Å². The van der Waals surface area contributed by atoms with Crippen LogP contribution in [0.2, 0.25) is 0 Å². The third kappa shape index (κ3) is 4.43. The molecule has 25 heavy (non-hydrogen) atoms. The Bertz CT molecular complexity index is 719. The molecule has 1 aliphatic heterocycles. The average Bonchev–Trinajstić information content (AvgIpc) is 3.06. The molecule has 7 heteroatoms. The minimum Gasteiger partial charge on any atom is -0.471 e. The van der Waals surface area contributed by atoms with E-state index in [1.807, 2.05) is 25.1 Å². The van der Waals surface area contributed by atoms with Crippen LogP contribution in [0, 0.1) is 5.82 Å². The van der Waals surface area contributed by atoms with Gasteiger partial charge in [-0.3, -0.25) is 4.79 Å². The zero-order valence-electron chi connectivity index (χ0n) is 14.4. The standard InChI is InChI=1S/C18H21FN4O2/c1-22(2)16-7-8-17(21-20-16)25-15-9-10-23(12-15)18(24)11-13-3-5-14(19)6-4-13/h3-8,15H,9-12H2,1-2H3/t15-/m0/s1. The molecule has 1 atom stereocenters. The normalized spacial score (nSPS) is 16.8. The fourth-order valence-electron chi connectivity index (χ4n) is 2.72. The fraction of sp³-hybridized carbons (Fsp3) is 0.389. The van der Waals surface area contributed by atoms with Crippen LogP contribution in [0.25, 0.3) is 0 Å². The topological polar surface area (TPSA) is 58.6 Å². The van der Waals surface area contributed by atoms with Crippen LogP contribution in [0.4, 0.5) is 10.2 Å². The third-order valence-electron chi connectivity index (χ3n) is 4.14. The average molecular weight is 344 g/mol. The van der Waals surface area contributed by atoms with Gasteiger partial charge in [-0.1, -0.05) is 12.1 Å². The van der Waals surface area contributed by atoms with Crippen molar-refractivity contribution in [2.24, 2.45) is 0 Å². The smallest absolute Gasteiger partial charge is 0.233 e. The van der Waals surface area contributed by atoms with E-state index in [1.54, 1.807) is 23.1 Å². The molecule has 1 saturated heterocycles. The Hall–Kier alpha value is -2.70. The highest BCUT2D eigenvalue weighted by Gasteiger charge is 2.27. The maximum absolute atomic E-state index is 12.9. The number of hydrogen-bond acceptors (Lipinski definition) is 5. The minimum atomic E-state index is -0.299. The number of aromatic nitrogens is 2. The number of hydrogen-bond donors (Lipinski definition) is 0. The molecule has 0 N–H and O–H groups in total. The van der Waals surface area contributed by atoms with Gasteiger partial charge in [0.15, 0.2) is 5.82 Å². The van der Waals surface area contributed by atoms with Crippen LogP contribution in [0.1, 0.15) is 12.0 Å². The summed E-state index contributed by atoms with van der Waals surface area (Å²) in [6, 6.07) is 9.64. The van der Waals surface area contributed by atoms with Gasteiger partial charge in [-0.25, -0.2) is 4.39 Å². The largest absolute Gasteiger partial charge is 0.471 e. The van der Waals surface area contributed by atoms with E-state index < -0.39 is 0 Å². The van der Waals surface area contributed by atoms with E-state index in [4.69, 9.17) is 4.74 Å². The lowest BCUT2D eigenvalue weighted by Gasteiger charge is -2.17. The van der Waals surface area contributed by atoms with Crippen LogP contribution < -0.4 is 9.64 Å². The lowest BCUT2D eigenvalue weighted by Crippen LogP contribution is -2.32. The molecule has 0 unspecified atom stereocenters. The molecule has 2 heterocycles. The third-order valence-corrected chi connectivity index (χ3v) is 4.14. The first-order valence-electron chi connectivity index (χ1n) is 8.21. The number of carbonyl (C=O) groups excluding carboxylic acids is 1. The number of likely N-dealkylation sites (tertiary alicyclic amines) is 1. The van der Waals surface area contributed by atoms with Gasteiger partial charge in [0.05, 0.1) is 13.0 Å². The summed E-state index contributed by atoms with van der Waals surface area (Å²) in [5, 5.41) is 8.13. The van der Waals surface area contributed by atoms with Crippen molar-refractivity contribution in [3.63, 3.8) is 0 Å². The summed E-state index contributed by atoms with van der Waals surface area (Å²) in [4.78, 5) is 16.0. The van der Waals surface area contributed by atoms with Crippen molar-refractivity contribution < 1.29 is 13.9 Å². The molecule has 0 saturated carbocycles. The summed E-state index contributed by atoms with van der Waals surface area (Å²) in [5.74, 6) is 0.942. The summed E-state index contributed by atoms with van der Waals surface area (Å²) < 4.78 is 18.7. The van der Waals surface area contributed by atoms with Gasteiger partial charge in [-0.2, -0.15) is 0 Å². The molecule has 1 aliphatic rings. The maximum Gasteiger partial charge on any atom is 0.233 e. The Balaban J connectivity index is 1.52. The van der Waals surface area contributed by atoms with E-state index in [2.05, 4.69) is 10.2 Å². The second-order valence-corrected chi connectivity index (χ2v) is 6.30. The van der Waals surface area contributed by atoms with E-state index in [-0.39, 0.29) is 24.2 Å². The van der Waals surface area contributed by atoms with Gasteiger partial charge >= 0.3 is 0 Å². The molecular weight excluding hydrogens is 323 g/mol. The number of rotatable bonds is 5.